The summed E-state index contributed by atoms with van der Waals surface area (Å²) < 4.78 is 11.8. The molecule has 0 bridgehead atoms. The molecule has 0 atom stereocenters. The third-order valence-electron chi connectivity index (χ3n) is 4.17. The number of carbonyl (C=O) groups excluding carboxylic acids is 1. The van der Waals surface area contributed by atoms with Crippen molar-refractivity contribution in [3.8, 4) is 11.5 Å². The third-order valence-corrected chi connectivity index (χ3v) is 8.51. The van der Waals surface area contributed by atoms with Crippen molar-refractivity contribution in [1.29, 1.82) is 0 Å². The van der Waals surface area contributed by atoms with Gasteiger partial charge in [0.2, 0.25) is 0 Å². The quantitative estimate of drug-likeness (QED) is 0.720. The van der Waals surface area contributed by atoms with E-state index in [1.807, 2.05) is 18.2 Å². The van der Waals surface area contributed by atoms with Crippen molar-refractivity contribution in [2.24, 2.45) is 0 Å². The number of ether oxygens (including phenoxy) is 1. The third kappa shape index (κ3) is 4.88. The lowest BCUT2D eigenvalue weighted by molar-refractivity contribution is -0.116. The Hall–Kier alpha value is -1.29. The van der Waals surface area contributed by atoms with Gasteiger partial charge in [0.1, 0.15) is 11.5 Å². The van der Waals surface area contributed by atoms with Gasteiger partial charge in [0, 0.05) is 6.42 Å². The van der Waals surface area contributed by atoms with Crippen LogP contribution in [0.5, 0.6) is 11.5 Å². The molecule has 0 aliphatic heterocycles. The number of rotatable bonds is 6. The van der Waals surface area contributed by atoms with Crippen LogP contribution in [-0.4, -0.2) is 21.2 Å². The van der Waals surface area contributed by atoms with Crippen LogP contribution in [0, 0.1) is 0 Å². The van der Waals surface area contributed by atoms with Gasteiger partial charge < -0.3 is 14.0 Å². The summed E-state index contributed by atoms with van der Waals surface area (Å²) in [6, 6.07) is 5.97. The van der Waals surface area contributed by atoms with E-state index in [0.29, 0.717) is 6.42 Å². The van der Waals surface area contributed by atoms with E-state index in [-0.39, 0.29) is 10.8 Å². The summed E-state index contributed by atoms with van der Waals surface area (Å²) in [5, 5.41) is 0.144. The molecular formula is C17H28O3Si. The predicted molar refractivity (Wildman–Crippen MR) is 89.8 cm³/mol. The summed E-state index contributed by atoms with van der Waals surface area (Å²) in [4.78, 5) is 11.1. The number of Topliss-reactive ketones (excluding diaryl/α,β-unsaturated/α-hetero) is 1. The zero-order valence-corrected chi connectivity index (χ0v) is 15.4. The van der Waals surface area contributed by atoms with E-state index < -0.39 is 8.32 Å². The monoisotopic (exact) mass is 308 g/mol. The van der Waals surface area contributed by atoms with Gasteiger partial charge in [-0.05, 0) is 49.2 Å². The molecule has 0 aliphatic rings. The van der Waals surface area contributed by atoms with Gasteiger partial charge >= 0.3 is 0 Å². The van der Waals surface area contributed by atoms with Crippen LogP contribution in [-0.2, 0) is 11.2 Å². The molecule has 0 fully saturated rings. The smallest absolute Gasteiger partial charge is 0.250 e. The summed E-state index contributed by atoms with van der Waals surface area (Å²) in [7, 11) is -0.226. The zero-order chi connectivity index (χ0) is 16.3. The van der Waals surface area contributed by atoms with E-state index in [4.69, 9.17) is 9.16 Å². The number of methoxy groups -OCH3 is 1. The van der Waals surface area contributed by atoms with E-state index in [9.17, 15) is 4.79 Å². The highest BCUT2D eigenvalue weighted by Crippen LogP contribution is 2.40. The standard InChI is InChI=1S/C17H28O3Si/c1-13(18)8-9-14-10-11-15(16(12-14)19-5)20-21(6,7)17(2,3)4/h10-12H,8-9H2,1-7H3. The van der Waals surface area contributed by atoms with Crippen molar-refractivity contribution in [2.45, 2.75) is 58.7 Å². The Balaban J connectivity index is 2.96. The van der Waals surface area contributed by atoms with Crippen LogP contribution in [0.25, 0.3) is 0 Å². The Labute approximate surface area is 129 Å². The maximum atomic E-state index is 11.1. The molecule has 0 aliphatic carbocycles. The number of aryl methyl sites for hydroxylation is 1. The lowest BCUT2D eigenvalue weighted by Crippen LogP contribution is -2.43. The van der Waals surface area contributed by atoms with E-state index in [1.165, 1.54) is 0 Å². The van der Waals surface area contributed by atoms with Crippen LogP contribution in [0.2, 0.25) is 18.1 Å². The van der Waals surface area contributed by atoms with Crippen LogP contribution in [0.3, 0.4) is 0 Å². The lowest BCUT2D eigenvalue weighted by Gasteiger charge is -2.36. The number of benzene rings is 1. The zero-order valence-electron chi connectivity index (χ0n) is 14.4. The molecule has 1 aromatic rings. The van der Waals surface area contributed by atoms with Gasteiger partial charge in [0.05, 0.1) is 7.11 Å². The normalized spacial score (nSPS) is 12.1. The summed E-state index contributed by atoms with van der Waals surface area (Å²) >= 11 is 0. The Bertz CT molecular complexity index is 501. The first kappa shape index (κ1) is 17.8. The molecule has 0 N–H and O–H groups in total. The van der Waals surface area contributed by atoms with Gasteiger partial charge in [-0.1, -0.05) is 26.8 Å². The van der Waals surface area contributed by atoms with Gasteiger partial charge in [-0.3, -0.25) is 0 Å². The van der Waals surface area contributed by atoms with E-state index in [2.05, 4.69) is 33.9 Å². The van der Waals surface area contributed by atoms with Crippen LogP contribution >= 0.6 is 0 Å². The van der Waals surface area contributed by atoms with Crippen molar-refractivity contribution < 1.29 is 14.0 Å². The lowest BCUT2D eigenvalue weighted by atomic mass is 10.1. The fourth-order valence-corrected chi connectivity index (χ4v) is 2.72. The van der Waals surface area contributed by atoms with E-state index >= 15 is 0 Å². The largest absolute Gasteiger partial charge is 0.541 e. The van der Waals surface area contributed by atoms with Crippen molar-refractivity contribution >= 4 is 14.1 Å². The average Bonchev–Trinajstić information content (AvgIpc) is 2.35. The van der Waals surface area contributed by atoms with Gasteiger partial charge in [-0.25, -0.2) is 0 Å². The molecule has 0 radical (unpaired) electrons. The number of hydrogen-bond donors (Lipinski definition) is 0. The molecule has 0 unspecified atom stereocenters. The van der Waals surface area contributed by atoms with Gasteiger partial charge in [-0.2, -0.15) is 0 Å². The van der Waals surface area contributed by atoms with Gasteiger partial charge in [0.25, 0.3) is 8.32 Å². The molecule has 3 nitrogen and oxygen atoms in total. The summed E-state index contributed by atoms with van der Waals surface area (Å²) in [5.74, 6) is 1.76. The molecule has 0 heterocycles. The number of hydrogen-bond acceptors (Lipinski definition) is 3. The predicted octanol–water partition coefficient (Wildman–Crippen LogP) is 4.60. The molecular weight excluding hydrogens is 280 g/mol. The van der Waals surface area contributed by atoms with Crippen molar-refractivity contribution in [2.75, 3.05) is 7.11 Å². The maximum absolute atomic E-state index is 11.1. The van der Waals surface area contributed by atoms with Crippen molar-refractivity contribution in [1.82, 2.24) is 0 Å². The molecule has 0 spiro atoms. The summed E-state index contributed by atoms with van der Waals surface area (Å²) in [6.45, 7) is 12.7. The molecule has 1 rings (SSSR count). The van der Waals surface area contributed by atoms with Crippen molar-refractivity contribution in [3.63, 3.8) is 0 Å². The second-order valence-electron chi connectivity index (χ2n) is 7.05. The molecule has 0 saturated heterocycles. The van der Waals surface area contributed by atoms with E-state index in [0.717, 1.165) is 23.5 Å². The first-order valence-electron chi connectivity index (χ1n) is 7.42. The van der Waals surface area contributed by atoms with Gasteiger partial charge in [0.15, 0.2) is 5.75 Å². The first-order valence-corrected chi connectivity index (χ1v) is 10.3. The highest BCUT2D eigenvalue weighted by atomic mass is 28.4. The molecule has 118 valence electrons. The second-order valence-corrected chi connectivity index (χ2v) is 11.8. The molecule has 0 saturated carbocycles. The molecule has 4 heteroatoms. The van der Waals surface area contributed by atoms with Crippen molar-refractivity contribution in [3.05, 3.63) is 23.8 Å². The molecule has 1 aromatic carbocycles. The highest BCUT2D eigenvalue weighted by molar-refractivity contribution is 6.74. The topological polar surface area (TPSA) is 35.5 Å². The summed E-state index contributed by atoms with van der Waals surface area (Å²) in [6.07, 6.45) is 1.30. The number of ketones is 1. The Kier molecular flexibility index (Phi) is 5.62. The maximum Gasteiger partial charge on any atom is 0.250 e. The minimum absolute atomic E-state index is 0.144. The molecule has 21 heavy (non-hydrogen) atoms. The average molecular weight is 308 g/mol. The SMILES string of the molecule is COc1cc(CCC(C)=O)ccc1O[Si](C)(C)C(C)(C)C. The Morgan fingerprint density at radius 3 is 2.29 bits per heavy atom. The fourth-order valence-electron chi connectivity index (χ4n) is 1.70. The Morgan fingerprint density at radius 2 is 1.81 bits per heavy atom. The highest BCUT2D eigenvalue weighted by Gasteiger charge is 2.39. The first-order chi connectivity index (χ1) is 9.56. The van der Waals surface area contributed by atoms with Crippen LogP contribution < -0.4 is 9.16 Å². The fraction of sp³-hybridized carbons (Fsp3) is 0.588. The summed E-state index contributed by atoms with van der Waals surface area (Å²) in [5.41, 5.74) is 1.10. The van der Waals surface area contributed by atoms with Crippen LogP contribution in [0.1, 0.15) is 39.7 Å². The van der Waals surface area contributed by atoms with Gasteiger partial charge in [-0.15, -0.1) is 0 Å². The number of carbonyl (C=O) groups is 1. The molecule has 0 aromatic heterocycles. The minimum atomic E-state index is -1.88. The van der Waals surface area contributed by atoms with Crippen LogP contribution in [0.15, 0.2) is 18.2 Å². The minimum Gasteiger partial charge on any atom is -0.541 e. The Morgan fingerprint density at radius 1 is 1.19 bits per heavy atom. The second kappa shape index (κ2) is 6.65. The van der Waals surface area contributed by atoms with E-state index in [1.54, 1.807) is 14.0 Å². The molecule has 0 amide bonds. The van der Waals surface area contributed by atoms with Crippen LogP contribution in [0.4, 0.5) is 0 Å².